The molecular formula is La2O6S. The molecule has 0 N–H and O–H groups in total. The fourth-order valence-electron chi connectivity index (χ4n) is 0. The van der Waals surface area contributed by atoms with Gasteiger partial charge in [0.15, 0.2) is 0 Å². The van der Waals surface area contributed by atoms with E-state index in [-0.39, 0.29) is 82.2 Å². The molecule has 9 heavy (non-hydrogen) atoms. The minimum absolute atomic E-state index is 0. The van der Waals surface area contributed by atoms with Gasteiger partial charge >= 0.3 is 71.2 Å². The molecule has 0 atom stereocenters. The summed E-state index contributed by atoms with van der Waals surface area (Å²) in [5.74, 6) is 0. The van der Waals surface area contributed by atoms with Crippen molar-refractivity contribution in [2.24, 2.45) is 0 Å². The van der Waals surface area contributed by atoms with Gasteiger partial charge in [-0.2, -0.15) is 0 Å². The van der Waals surface area contributed by atoms with Crippen LogP contribution in [0.3, 0.4) is 0 Å². The van der Waals surface area contributed by atoms with Gasteiger partial charge in [-0.15, -0.1) is 0 Å². The number of hydrogen-bond acceptors (Lipinski definition) is 4. The summed E-state index contributed by atoms with van der Waals surface area (Å²) < 4.78 is 34.1. The van der Waals surface area contributed by atoms with Crippen molar-refractivity contribution in [2.75, 3.05) is 0 Å². The van der Waals surface area contributed by atoms with Crippen LogP contribution in [-0.2, 0) is 21.4 Å². The summed E-state index contributed by atoms with van der Waals surface area (Å²) in [5.41, 5.74) is 0. The van der Waals surface area contributed by atoms with Crippen LogP contribution in [0.4, 0.5) is 0 Å². The molecule has 0 bridgehead atoms. The Hall–Kier alpha value is 2.18. The maximum absolute atomic E-state index is 8.52. The largest absolute Gasteiger partial charge is 3.00 e. The molecule has 0 aromatic rings. The molecule has 0 spiro atoms. The predicted molar refractivity (Wildman–Crippen MR) is 11.8 cm³/mol. The molecule has 0 aromatic heterocycles. The summed E-state index contributed by atoms with van der Waals surface area (Å²) >= 11 is 0. The van der Waals surface area contributed by atoms with E-state index >= 15 is 0 Å². The Morgan fingerprint density at radius 1 is 0.889 bits per heavy atom. The third kappa shape index (κ3) is 143. The molecule has 0 aliphatic rings. The SMILES string of the molecule is O=S(=O)([O-])[O-].[La+3].[La+3].[O-2].[O-2]. The van der Waals surface area contributed by atoms with Crippen LogP contribution in [0.15, 0.2) is 0 Å². The van der Waals surface area contributed by atoms with Crippen molar-refractivity contribution >= 4 is 10.4 Å². The van der Waals surface area contributed by atoms with Gasteiger partial charge in [0, 0.05) is 10.4 Å². The fraction of sp³-hybridized carbons (Fsp3) is 0. The Kier molecular flexibility index (Phi) is 43.2. The first-order chi connectivity index (χ1) is 2.00. The van der Waals surface area contributed by atoms with Gasteiger partial charge in [-0.05, 0) is 0 Å². The molecule has 6 nitrogen and oxygen atoms in total. The minimum Gasteiger partial charge on any atom is -2.00 e. The van der Waals surface area contributed by atoms with Gasteiger partial charge in [0.2, 0.25) is 0 Å². The quantitative estimate of drug-likeness (QED) is 0.354. The molecule has 0 rings (SSSR count). The maximum Gasteiger partial charge on any atom is 3.00 e. The summed E-state index contributed by atoms with van der Waals surface area (Å²) in [7, 11) is -5.17. The Morgan fingerprint density at radius 2 is 0.889 bits per heavy atom. The van der Waals surface area contributed by atoms with Crippen molar-refractivity contribution in [1.82, 2.24) is 0 Å². The Labute approximate surface area is 108 Å². The average Bonchev–Trinajstić information content (AvgIpc) is 0.722. The number of hydrogen-bond donors (Lipinski definition) is 0. The molecule has 9 heteroatoms. The van der Waals surface area contributed by atoms with E-state index in [2.05, 4.69) is 0 Å². The molecular weight excluding hydrogens is 406 g/mol. The van der Waals surface area contributed by atoms with Crippen LogP contribution >= 0.6 is 0 Å². The Bertz CT molecular complexity index is 94.2. The Balaban J connectivity index is -0.0000000133. The van der Waals surface area contributed by atoms with Gasteiger partial charge < -0.3 is 20.1 Å². The molecule has 48 valence electrons. The summed E-state index contributed by atoms with van der Waals surface area (Å²) in [4.78, 5) is 0. The van der Waals surface area contributed by atoms with Gasteiger partial charge in [0.05, 0.1) is 0 Å². The van der Waals surface area contributed by atoms with Gasteiger partial charge in [-0.25, -0.2) is 0 Å². The fourth-order valence-corrected chi connectivity index (χ4v) is 0. The summed E-state index contributed by atoms with van der Waals surface area (Å²) in [6, 6.07) is 0. The van der Waals surface area contributed by atoms with E-state index in [0.717, 1.165) is 0 Å². The molecule has 0 fully saturated rings. The van der Waals surface area contributed by atoms with E-state index in [4.69, 9.17) is 17.5 Å². The van der Waals surface area contributed by atoms with Crippen LogP contribution < -0.4 is 0 Å². The van der Waals surface area contributed by atoms with E-state index in [1.807, 2.05) is 0 Å². The maximum atomic E-state index is 8.52. The topological polar surface area (TPSA) is 137 Å². The van der Waals surface area contributed by atoms with Crippen molar-refractivity contribution in [3.63, 3.8) is 0 Å². The second kappa shape index (κ2) is 12.8. The minimum atomic E-state index is -5.17. The van der Waals surface area contributed by atoms with Gasteiger partial charge in [0.1, 0.15) is 0 Å². The smallest absolute Gasteiger partial charge is 2.00 e. The summed E-state index contributed by atoms with van der Waals surface area (Å²) in [5, 5.41) is 0. The first-order valence-corrected chi connectivity index (χ1v) is 2.00. The first-order valence-electron chi connectivity index (χ1n) is 0.667. The molecule has 0 aromatic carbocycles. The van der Waals surface area contributed by atoms with Crippen LogP contribution in [0.25, 0.3) is 0 Å². The van der Waals surface area contributed by atoms with Crippen LogP contribution in [-0.4, -0.2) is 17.5 Å². The molecule has 0 saturated heterocycles. The van der Waals surface area contributed by atoms with Gasteiger partial charge in [0.25, 0.3) is 0 Å². The Morgan fingerprint density at radius 3 is 0.889 bits per heavy atom. The predicted octanol–water partition coefficient (Wildman–Crippen LogP) is -1.58. The van der Waals surface area contributed by atoms with Crippen molar-refractivity contribution in [3.8, 4) is 0 Å². The van der Waals surface area contributed by atoms with E-state index in [1.54, 1.807) is 0 Å². The molecule has 0 heterocycles. The molecule has 0 radical (unpaired) electrons. The molecule has 0 aliphatic carbocycles. The number of rotatable bonds is 0. The summed E-state index contributed by atoms with van der Waals surface area (Å²) in [6.07, 6.45) is 0. The van der Waals surface area contributed by atoms with Gasteiger partial charge in [-0.3, -0.25) is 8.42 Å². The van der Waals surface area contributed by atoms with Crippen molar-refractivity contribution in [1.29, 1.82) is 0 Å². The van der Waals surface area contributed by atoms with Gasteiger partial charge in [-0.1, -0.05) is 0 Å². The zero-order valence-electron chi connectivity index (χ0n) is 4.01. The average molecular weight is 406 g/mol. The van der Waals surface area contributed by atoms with Crippen molar-refractivity contribution < 1.29 is 99.7 Å². The van der Waals surface area contributed by atoms with E-state index in [1.165, 1.54) is 0 Å². The monoisotopic (exact) mass is 406 g/mol. The molecule has 0 unspecified atom stereocenters. The van der Waals surface area contributed by atoms with Crippen molar-refractivity contribution in [3.05, 3.63) is 0 Å². The van der Waals surface area contributed by atoms with E-state index < -0.39 is 10.4 Å². The van der Waals surface area contributed by atoms with Crippen LogP contribution in [0.5, 0.6) is 0 Å². The normalized spacial score (nSPS) is 6.44. The zero-order valence-corrected chi connectivity index (χ0v) is 12.1. The third-order valence-electron chi connectivity index (χ3n) is 0. The van der Waals surface area contributed by atoms with Crippen LogP contribution in [0.1, 0.15) is 0 Å². The van der Waals surface area contributed by atoms with Crippen molar-refractivity contribution in [2.45, 2.75) is 0 Å². The molecule has 0 amide bonds. The first kappa shape index (κ1) is 30.3. The molecule has 0 saturated carbocycles. The zero-order chi connectivity index (χ0) is 4.50. The summed E-state index contributed by atoms with van der Waals surface area (Å²) in [6.45, 7) is 0. The van der Waals surface area contributed by atoms with Crippen LogP contribution in [0.2, 0.25) is 0 Å². The second-order valence-electron chi connectivity index (χ2n) is 0.408. The van der Waals surface area contributed by atoms with E-state index in [9.17, 15) is 0 Å². The van der Waals surface area contributed by atoms with E-state index in [0.29, 0.717) is 0 Å². The van der Waals surface area contributed by atoms with Crippen LogP contribution in [0, 0.1) is 71.2 Å². The molecule has 0 aliphatic heterocycles. The standard InChI is InChI=1S/2La.H2O4S.2O/c;;1-5(2,3)4;;/h;;(H2,1,2,3,4);;/q2*+3;;2*-2/p-2. The second-order valence-corrected chi connectivity index (χ2v) is 1.22. The third-order valence-corrected chi connectivity index (χ3v) is 0.